The van der Waals surface area contributed by atoms with Crippen LogP contribution in [0.2, 0.25) is 0 Å². The van der Waals surface area contributed by atoms with Crippen molar-refractivity contribution in [3.63, 3.8) is 0 Å². The van der Waals surface area contributed by atoms with Crippen molar-refractivity contribution in [2.24, 2.45) is 0 Å². The standard InChI is InChI=1S/C13H25N3/c1-5-7-13(14-8-6-2)9-16-10-15-11(3)12(16)4/h10,13-14H,5-9H2,1-4H3. The highest BCUT2D eigenvalue weighted by molar-refractivity contribution is 5.08. The lowest BCUT2D eigenvalue weighted by Crippen LogP contribution is -2.33. The molecular weight excluding hydrogens is 198 g/mol. The number of nitrogens with zero attached hydrogens (tertiary/aromatic N) is 2. The molecule has 0 aliphatic rings. The Morgan fingerprint density at radius 2 is 2.06 bits per heavy atom. The largest absolute Gasteiger partial charge is 0.333 e. The third kappa shape index (κ3) is 3.63. The highest BCUT2D eigenvalue weighted by Gasteiger charge is 2.09. The van der Waals surface area contributed by atoms with Crippen molar-refractivity contribution in [1.29, 1.82) is 0 Å². The molecule has 0 spiro atoms. The molecule has 0 aromatic carbocycles. The van der Waals surface area contributed by atoms with Crippen molar-refractivity contribution in [2.75, 3.05) is 6.54 Å². The lowest BCUT2D eigenvalue weighted by atomic mass is 10.1. The van der Waals surface area contributed by atoms with Gasteiger partial charge in [0.2, 0.25) is 0 Å². The highest BCUT2D eigenvalue weighted by atomic mass is 15.1. The molecule has 0 saturated carbocycles. The molecular formula is C13H25N3. The van der Waals surface area contributed by atoms with Gasteiger partial charge < -0.3 is 9.88 Å². The van der Waals surface area contributed by atoms with Gasteiger partial charge in [0.1, 0.15) is 0 Å². The smallest absolute Gasteiger partial charge is 0.0951 e. The maximum absolute atomic E-state index is 4.34. The van der Waals surface area contributed by atoms with E-state index in [0.29, 0.717) is 6.04 Å². The van der Waals surface area contributed by atoms with Gasteiger partial charge in [-0.05, 0) is 33.2 Å². The van der Waals surface area contributed by atoms with E-state index < -0.39 is 0 Å². The minimum absolute atomic E-state index is 0.581. The van der Waals surface area contributed by atoms with E-state index in [1.807, 2.05) is 6.33 Å². The quantitative estimate of drug-likeness (QED) is 0.770. The van der Waals surface area contributed by atoms with Crippen LogP contribution in [0.1, 0.15) is 44.5 Å². The third-order valence-electron chi connectivity index (χ3n) is 3.08. The van der Waals surface area contributed by atoms with Gasteiger partial charge in [-0.2, -0.15) is 0 Å². The second kappa shape index (κ2) is 6.69. The van der Waals surface area contributed by atoms with Gasteiger partial charge in [-0.15, -0.1) is 0 Å². The van der Waals surface area contributed by atoms with Crippen LogP contribution in [-0.2, 0) is 6.54 Å². The first-order chi connectivity index (χ1) is 7.69. The number of hydrogen-bond acceptors (Lipinski definition) is 2. The summed E-state index contributed by atoms with van der Waals surface area (Å²) in [7, 11) is 0. The maximum Gasteiger partial charge on any atom is 0.0951 e. The molecule has 1 atom stereocenters. The summed E-state index contributed by atoms with van der Waals surface area (Å²) >= 11 is 0. The summed E-state index contributed by atoms with van der Waals surface area (Å²) < 4.78 is 2.26. The first-order valence-corrected chi connectivity index (χ1v) is 6.40. The van der Waals surface area contributed by atoms with Crippen LogP contribution in [0.5, 0.6) is 0 Å². The summed E-state index contributed by atoms with van der Waals surface area (Å²) in [5.74, 6) is 0. The second-order valence-electron chi connectivity index (χ2n) is 4.51. The SMILES string of the molecule is CCCNC(CCC)Cn1cnc(C)c1C. The first-order valence-electron chi connectivity index (χ1n) is 6.40. The monoisotopic (exact) mass is 223 g/mol. The Morgan fingerprint density at radius 3 is 2.56 bits per heavy atom. The number of aromatic nitrogens is 2. The molecule has 0 saturated heterocycles. The fraction of sp³-hybridized carbons (Fsp3) is 0.769. The molecule has 0 aliphatic carbocycles. The number of nitrogens with one attached hydrogen (secondary N) is 1. The van der Waals surface area contributed by atoms with Crippen molar-refractivity contribution in [2.45, 2.75) is 59.5 Å². The Balaban J connectivity index is 2.56. The zero-order valence-corrected chi connectivity index (χ0v) is 11.1. The van der Waals surface area contributed by atoms with Gasteiger partial charge in [0.15, 0.2) is 0 Å². The predicted molar refractivity (Wildman–Crippen MR) is 68.7 cm³/mol. The van der Waals surface area contributed by atoms with E-state index in [4.69, 9.17) is 0 Å². The van der Waals surface area contributed by atoms with Crippen molar-refractivity contribution in [3.8, 4) is 0 Å². The molecule has 0 aliphatic heterocycles. The predicted octanol–water partition coefficient (Wildman–Crippen LogP) is 2.67. The van der Waals surface area contributed by atoms with Crippen LogP contribution < -0.4 is 5.32 Å². The van der Waals surface area contributed by atoms with E-state index in [-0.39, 0.29) is 0 Å². The lowest BCUT2D eigenvalue weighted by molar-refractivity contribution is 0.417. The molecule has 0 radical (unpaired) electrons. The van der Waals surface area contributed by atoms with Gasteiger partial charge >= 0.3 is 0 Å². The molecule has 1 aromatic rings. The Bertz CT molecular complexity index is 304. The number of hydrogen-bond donors (Lipinski definition) is 1. The molecule has 0 amide bonds. The zero-order chi connectivity index (χ0) is 12.0. The average molecular weight is 223 g/mol. The summed E-state index contributed by atoms with van der Waals surface area (Å²) in [6, 6.07) is 0.581. The van der Waals surface area contributed by atoms with E-state index >= 15 is 0 Å². The molecule has 1 N–H and O–H groups in total. The van der Waals surface area contributed by atoms with Crippen LogP contribution in [0, 0.1) is 13.8 Å². The summed E-state index contributed by atoms with van der Waals surface area (Å²) in [6.07, 6.45) is 5.62. The summed E-state index contributed by atoms with van der Waals surface area (Å²) in [5.41, 5.74) is 2.44. The van der Waals surface area contributed by atoms with E-state index in [9.17, 15) is 0 Å². The third-order valence-corrected chi connectivity index (χ3v) is 3.08. The van der Waals surface area contributed by atoms with Crippen molar-refractivity contribution in [1.82, 2.24) is 14.9 Å². The molecule has 1 rings (SSSR count). The van der Waals surface area contributed by atoms with E-state index in [1.165, 1.54) is 25.0 Å². The zero-order valence-electron chi connectivity index (χ0n) is 11.1. The average Bonchev–Trinajstić information content (AvgIpc) is 2.58. The fourth-order valence-electron chi connectivity index (χ4n) is 1.92. The summed E-state index contributed by atoms with van der Waals surface area (Å²) in [6.45, 7) is 10.8. The molecule has 0 bridgehead atoms. The normalized spacial score (nSPS) is 13.0. The molecule has 1 aromatic heterocycles. The van der Waals surface area contributed by atoms with Gasteiger partial charge in [-0.1, -0.05) is 20.3 Å². The lowest BCUT2D eigenvalue weighted by Gasteiger charge is -2.19. The van der Waals surface area contributed by atoms with Crippen LogP contribution in [0.4, 0.5) is 0 Å². The van der Waals surface area contributed by atoms with Crippen molar-refractivity contribution >= 4 is 0 Å². The summed E-state index contributed by atoms with van der Waals surface area (Å²) in [5, 5.41) is 3.61. The van der Waals surface area contributed by atoms with Crippen molar-refractivity contribution in [3.05, 3.63) is 17.7 Å². The van der Waals surface area contributed by atoms with Crippen molar-refractivity contribution < 1.29 is 0 Å². The fourth-order valence-corrected chi connectivity index (χ4v) is 1.92. The van der Waals surface area contributed by atoms with Gasteiger partial charge in [0, 0.05) is 18.3 Å². The number of rotatable bonds is 7. The van der Waals surface area contributed by atoms with Gasteiger partial charge in [-0.3, -0.25) is 0 Å². The minimum atomic E-state index is 0.581. The minimum Gasteiger partial charge on any atom is -0.333 e. The Hall–Kier alpha value is -0.830. The van der Waals surface area contributed by atoms with Crippen LogP contribution in [0.3, 0.4) is 0 Å². The van der Waals surface area contributed by atoms with Crippen LogP contribution in [0.15, 0.2) is 6.33 Å². The van der Waals surface area contributed by atoms with E-state index in [1.54, 1.807) is 0 Å². The second-order valence-corrected chi connectivity index (χ2v) is 4.51. The number of aryl methyl sites for hydroxylation is 1. The summed E-state index contributed by atoms with van der Waals surface area (Å²) in [4.78, 5) is 4.34. The van der Waals surface area contributed by atoms with E-state index in [2.05, 4.69) is 42.6 Å². The number of imidazole rings is 1. The van der Waals surface area contributed by atoms with Gasteiger partial charge in [-0.25, -0.2) is 4.98 Å². The van der Waals surface area contributed by atoms with Gasteiger partial charge in [0.25, 0.3) is 0 Å². The topological polar surface area (TPSA) is 29.9 Å². The van der Waals surface area contributed by atoms with Gasteiger partial charge in [0.05, 0.1) is 12.0 Å². The van der Waals surface area contributed by atoms with Crippen LogP contribution >= 0.6 is 0 Å². The Kier molecular flexibility index (Phi) is 5.53. The molecule has 92 valence electrons. The molecule has 1 heterocycles. The molecule has 16 heavy (non-hydrogen) atoms. The maximum atomic E-state index is 4.34. The highest BCUT2D eigenvalue weighted by Crippen LogP contribution is 2.07. The molecule has 3 nitrogen and oxygen atoms in total. The first kappa shape index (κ1) is 13.2. The Labute approximate surface area is 99.3 Å². The van der Waals surface area contributed by atoms with Crippen LogP contribution in [-0.4, -0.2) is 22.1 Å². The Morgan fingerprint density at radius 1 is 1.31 bits per heavy atom. The van der Waals surface area contributed by atoms with Crippen LogP contribution in [0.25, 0.3) is 0 Å². The molecule has 0 fully saturated rings. The molecule has 1 unspecified atom stereocenters. The molecule has 3 heteroatoms. The van der Waals surface area contributed by atoms with E-state index in [0.717, 1.165) is 18.8 Å².